The van der Waals surface area contributed by atoms with Gasteiger partial charge in [0.25, 0.3) is 0 Å². The fraction of sp³-hybridized carbons (Fsp3) is 0.273. The number of hydrogen-bond acceptors (Lipinski definition) is 2. The maximum absolute atomic E-state index is 14.2. The fourth-order valence-electron chi connectivity index (χ4n) is 9.71. The highest BCUT2D eigenvalue weighted by atomic mass is 19.4. The van der Waals surface area contributed by atoms with Crippen molar-refractivity contribution in [3.05, 3.63) is 195 Å². The van der Waals surface area contributed by atoms with E-state index in [1.165, 1.54) is 35.6 Å². The van der Waals surface area contributed by atoms with E-state index < -0.39 is 195 Å². The molecule has 6 aromatic carbocycles. The van der Waals surface area contributed by atoms with Gasteiger partial charge < -0.3 is 4.74 Å². The van der Waals surface area contributed by atoms with Crippen LogP contribution in [0, 0.1) is 0 Å². The van der Waals surface area contributed by atoms with Crippen LogP contribution in [0.3, 0.4) is 0 Å². The Balaban J connectivity index is 0.000000313. The number of esters is 1. The monoisotopic (exact) mass is 1210 g/mol. The number of ether oxygens (including phenoxy) is 1. The maximum Gasteiger partial charge on any atom is 0.416 e. The first kappa shape index (κ1) is 63.2. The van der Waals surface area contributed by atoms with Crippen molar-refractivity contribution in [3.63, 3.8) is 0 Å². The van der Waals surface area contributed by atoms with Crippen molar-refractivity contribution in [2.75, 3.05) is 0 Å². The fourth-order valence-corrected chi connectivity index (χ4v) is 9.71. The van der Waals surface area contributed by atoms with Crippen LogP contribution in [0.5, 0.6) is 0 Å². The van der Waals surface area contributed by atoms with Crippen LogP contribution < -0.4 is 26.4 Å². The quantitative estimate of drug-likeness (QED) is 0.0657. The van der Waals surface area contributed by atoms with E-state index in [0.29, 0.717) is 5.56 Å². The highest BCUT2D eigenvalue weighted by Gasteiger charge is 2.47. The zero-order chi connectivity index (χ0) is 61.7. The van der Waals surface area contributed by atoms with Crippen molar-refractivity contribution in [1.82, 2.24) is 0 Å². The highest BCUT2D eigenvalue weighted by Crippen LogP contribution is 2.42. The van der Waals surface area contributed by atoms with Crippen molar-refractivity contribution in [2.45, 2.75) is 94.2 Å². The Morgan fingerprint density at radius 1 is 0.398 bits per heavy atom. The molecule has 0 unspecified atom stereocenters. The molecule has 1 aromatic heterocycles. The lowest BCUT2D eigenvalue weighted by Gasteiger charge is -2.46. The predicted molar refractivity (Wildman–Crippen MR) is 252 cm³/mol. The van der Waals surface area contributed by atoms with Gasteiger partial charge in [-0.2, -0.15) is 127 Å². The Labute approximate surface area is 453 Å². The first-order valence-corrected chi connectivity index (χ1v) is 24.1. The topological polar surface area (TPSA) is 30.2 Å². The standard InChI is InChI=1S/C32H12BF24.C23H24NO2/c34-25(35,36)13-1-14(26(37,38)39)6-21(5-13)33(22-7-15(27(40,41)42)2-16(8-22)28(43,44)45,23-9-17(29(46,47)48)3-18(10-23)30(49,50)51)24-11-19(31(52,53)54)4-20(12-24)32(55,56)57;25-23(26-22-8-2-1-3-9-22)20-12-10-18(11-13-20)16-24-15-14-19-6-4-5-7-21(19)17-24/h1-12H;4-7,10-15,17,22H,1-3,8-9,16H2/q-1;+1. The van der Waals surface area contributed by atoms with Crippen LogP contribution in [0.1, 0.15) is 92.5 Å². The summed E-state index contributed by atoms with van der Waals surface area (Å²) in [7, 11) is 0. The van der Waals surface area contributed by atoms with Crippen molar-refractivity contribution < 1.29 is 119 Å². The zero-order valence-electron chi connectivity index (χ0n) is 41.5. The number of nitrogens with zero attached hydrogens (tertiary/aromatic N) is 1. The molecule has 0 spiro atoms. The number of carbonyl (C=O) groups excluding carboxylic acids is 1. The second-order valence-corrected chi connectivity index (χ2v) is 19.3. The second kappa shape index (κ2) is 22.6. The Bertz CT molecular complexity index is 3030. The molecule has 1 fully saturated rings. The minimum absolute atomic E-state index is 0.101. The van der Waals surface area contributed by atoms with Crippen LogP contribution in [-0.4, -0.2) is 18.2 Å². The Morgan fingerprint density at radius 2 is 0.699 bits per heavy atom. The van der Waals surface area contributed by atoms with Gasteiger partial charge in [0.05, 0.1) is 50.1 Å². The van der Waals surface area contributed by atoms with Crippen LogP contribution in [0.15, 0.2) is 140 Å². The normalized spacial score (nSPS) is 14.6. The molecule has 0 atom stereocenters. The molecule has 1 aliphatic carbocycles. The summed E-state index contributed by atoms with van der Waals surface area (Å²) in [5.74, 6) is -0.193. The molecule has 3 nitrogen and oxygen atoms in total. The molecule has 0 bridgehead atoms. The average Bonchev–Trinajstić information content (AvgIpc) is 3.58. The lowest BCUT2D eigenvalue weighted by Crippen LogP contribution is -2.75. The summed E-state index contributed by atoms with van der Waals surface area (Å²) in [5, 5.41) is 2.47. The van der Waals surface area contributed by atoms with E-state index in [1.807, 2.05) is 24.3 Å². The molecule has 444 valence electrons. The van der Waals surface area contributed by atoms with E-state index in [4.69, 9.17) is 4.74 Å². The molecule has 1 aliphatic rings. The molecule has 0 saturated heterocycles. The minimum Gasteiger partial charge on any atom is -0.459 e. The average molecular weight is 1210 g/mol. The summed E-state index contributed by atoms with van der Waals surface area (Å²) in [6.45, 7) is 0.781. The molecular weight excluding hydrogens is 1170 g/mol. The van der Waals surface area contributed by atoms with E-state index in [9.17, 15) is 110 Å². The lowest BCUT2D eigenvalue weighted by molar-refractivity contribution is -0.687. The Kier molecular flexibility index (Phi) is 17.2. The van der Waals surface area contributed by atoms with Crippen LogP contribution >= 0.6 is 0 Å². The van der Waals surface area contributed by atoms with Crippen LogP contribution in [0.25, 0.3) is 10.8 Å². The van der Waals surface area contributed by atoms with Gasteiger partial charge >= 0.3 is 55.4 Å². The first-order chi connectivity index (χ1) is 38.0. The number of carbonyl (C=O) groups is 1. The number of aromatic nitrogens is 1. The van der Waals surface area contributed by atoms with Gasteiger partial charge in [0.1, 0.15) is 12.2 Å². The van der Waals surface area contributed by atoms with Gasteiger partial charge in [0.2, 0.25) is 0 Å². The van der Waals surface area contributed by atoms with Gasteiger partial charge in [0, 0.05) is 17.0 Å². The summed E-state index contributed by atoms with van der Waals surface area (Å²) in [6.07, 6.45) is -44.9. The van der Waals surface area contributed by atoms with E-state index in [1.54, 1.807) is 0 Å². The van der Waals surface area contributed by atoms with Crippen molar-refractivity contribution >= 4 is 44.7 Å². The molecule has 1 heterocycles. The van der Waals surface area contributed by atoms with E-state index in [2.05, 4.69) is 47.3 Å². The highest BCUT2D eigenvalue weighted by molar-refractivity contribution is 7.20. The second-order valence-electron chi connectivity index (χ2n) is 19.3. The SMILES string of the molecule is FC(F)(F)c1cc([B-](c2cc(C(F)(F)F)cc(C(F)(F)F)c2)(c2cc(C(F)(F)F)cc(C(F)(F)F)c2)c2cc(C(F)(F)F)cc(C(F)(F)F)c2)cc(C(F)(F)F)c1.O=C(OC1CCCCC1)c1ccc(C[n+]2ccc3ccccc3c2)cc1. The molecule has 8 rings (SSSR count). The molecule has 0 radical (unpaired) electrons. The molecule has 28 heteroatoms. The summed E-state index contributed by atoms with van der Waals surface area (Å²) < 4.78 is 349. The molecule has 0 amide bonds. The van der Waals surface area contributed by atoms with Crippen molar-refractivity contribution in [3.8, 4) is 0 Å². The van der Waals surface area contributed by atoms with Gasteiger partial charge in [-0.25, -0.2) is 9.36 Å². The Hall–Kier alpha value is -7.42. The zero-order valence-corrected chi connectivity index (χ0v) is 41.5. The van der Waals surface area contributed by atoms with Gasteiger partial charge in [-0.05, 0) is 73.5 Å². The van der Waals surface area contributed by atoms with Crippen molar-refractivity contribution in [2.24, 2.45) is 0 Å². The number of hydrogen-bond donors (Lipinski definition) is 0. The van der Waals surface area contributed by atoms with Crippen LogP contribution in [0.4, 0.5) is 105 Å². The largest absolute Gasteiger partial charge is 0.459 e. The number of pyridine rings is 1. The molecule has 83 heavy (non-hydrogen) atoms. The van der Waals surface area contributed by atoms with Crippen molar-refractivity contribution in [1.29, 1.82) is 0 Å². The Morgan fingerprint density at radius 3 is 1.00 bits per heavy atom. The van der Waals surface area contributed by atoms with E-state index in [-0.39, 0.29) is 12.1 Å². The summed E-state index contributed by atoms with van der Waals surface area (Å²) in [5.41, 5.74) is -28.4. The summed E-state index contributed by atoms with van der Waals surface area (Å²) in [4.78, 5) is 12.3. The number of halogens is 24. The smallest absolute Gasteiger partial charge is 0.416 e. The molecule has 0 N–H and O–H groups in total. The number of rotatable bonds is 8. The van der Waals surface area contributed by atoms with Gasteiger partial charge in [0.15, 0.2) is 18.9 Å². The number of fused-ring (bicyclic) bond motifs is 1. The number of alkyl halides is 24. The molecular formula is C55H36BF24NO2. The summed E-state index contributed by atoms with van der Waals surface area (Å²) >= 11 is 0. The van der Waals surface area contributed by atoms with E-state index in [0.717, 1.165) is 19.4 Å². The third-order valence-corrected chi connectivity index (χ3v) is 13.6. The van der Waals surface area contributed by atoms with Gasteiger partial charge in [-0.15, -0.1) is 0 Å². The predicted octanol–water partition coefficient (Wildman–Crippen LogP) is 15.9. The molecule has 0 aliphatic heterocycles. The lowest BCUT2D eigenvalue weighted by atomic mass is 9.12. The first-order valence-electron chi connectivity index (χ1n) is 24.1. The third-order valence-electron chi connectivity index (χ3n) is 13.6. The van der Waals surface area contributed by atoms with Crippen LogP contribution in [0.2, 0.25) is 0 Å². The maximum atomic E-state index is 14.2. The van der Waals surface area contributed by atoms with E-state index >= 15 is 0 Å². The number of benzene rings is 6. The minimum atomic E-state index is -6.13. The third kappa shape index (κ3) is 14.9. The summed E-state index contributed by atoms with van der Waals surface area (Å²) in [6, 6.07) is 9.45. The molecule has 1 saturated carbocycles. The van der Waals surface area contributed by atoms with Gasteiger partial charge in [-0.1, -0.05) is 85.3 Å². The van der Waals surface area contributed by atoms with Gasteiger partial charge in [-0.3, -0.25) is 0 Å². The molecule has 7 aromatic rings. The van der Waals surface area contributed by atoms with Crippen LogP contribution in [-0.2, 0) is 60.7 Å².